The average molecular weight is 464 g/mol. The highest BCUT2D eigenvalue weighted by Gasteiger charge is 2.12. The predicted octanol–water partition coefficient (Wildman–Crippen LogP) is 5.34. The number of benzene rings is 2. The van der Waals surface area contributed by atoms with Gasteiger partial charge in [0, 0.05) is 17.1 Å². The zero-order chi connectivity index (χ0) is 17.0. The molecular formula is C16H14Br2ClNO3. The van der Waals surface area contributed by atoms with E-state index in [9.17, 15) is 4.79 Å². The minimum atomic E-state index is -0.299. The van der Waals surface area contributed by atoms with E-state index in [-0.39, 0.29) is 5.97 Å². The Labute approximate surface area is 156 Å². The Morgan fingerprint density at radius 2 is 1.83 bits per heavy atom. The number of rotatable bonds is 5. The maximum Gasteiger partial charge on any atom is 0.310 e. The van der Waals surface area contributed by atoms with Gasteiger partial charge in [0.05, 0.1) is 8.95 Å². The molecule has 0 aliphatic rings. The highest BCUT2D eigenvalue weighted by Crippen LogP contribution is 2.38. The molecule has 0 heterocycles. The van der Waals surface area contributed by atoms with Crippen molar-refractivity contribution in [3.05, 3.63) is 49.9 Å². The van der Waals surface area contributed by atoms with Gasteiger partial charge < -0.3 is 15.2 Å². The second-order valence-corrected chi connectivity index (χ2v) is 6.87. The highest BCUT2D eigenvalue weighted by molar-refractivity contribution is 9.11. The molecule has 0 aromatic heterocycles. The maximum atomic E-state index is 11.4. The van der Waals surface area contributed by atoms with Crippen molar-refractivity contribution in [2.75, 3.05) is 5.73 Å². The van der Waals surface area contributed by atoms with Crippen LogP contribution in [0, 0.1) is 0 Å². The Kier molecular flexibility index (Phi) is 6.33. The van der Waals surface area contributed by atoms with Crippen molar-refractivity contribution in [3.63, 3.8) is 0 Å². The van der Waals surface area contributed by atoms with Gasteiger partial charge in [-0.15, -0.1) is 0 Å². The van der Waals surface area contributed by atoms with Gasteiger partial charge >= 0.3 is 5.97 Å². The lowest BCUT2D eigenvalue weighted by molar-refractivity contribution is -0.134. The summed E-state index contributed by atoms with van der Waals surface area (Å²) in [4.78, 5) is 11.4. The van der Waals surface area contributed by atoms with Crippen molar-refractivity contribution < 1.29 is 14.3 Å². The molecule has 2 rings (SSSR count). The predicted molar refractivity (Wildman–Crippen MR) is 98.0 cm³/mol. The first kappa shape index (κ1) is 18.1. The molecule has 0 aliphatic carbocycles. The molecule has 0 radical (unpaired) electrons. The SMILES string of the molecule is CCC(=O)Oc1cc(Br)c(OCc2cc(N)cc(Cl)c2)c(Br)c1. The number of nitrogens with two attached hydrogens (primary N) is 1. The number of esters is 1. The van der Waals surface area contributed by atoms with Crippen LogP contribution in [0.15, 0.2) is 39.3 Å². The first-order chi connectivity index (χ1) is 10.9. The van der Waals surface area contributed by atoms with Gasteiger partial charge in [0.25, 0.3) is 0 Å². The summed E-state index contributed by atoms with van der Waals surface area (Å²) in [6.45, 7) is 2.04. The van der Waals surface area contributed by atoms with Gasteiger partial charge in [-0.05, 0) is 67.8 Å². The van der Waals surface area contributed by atoms with Gasteiger partial charge in [0.2, 0.25) is 0 Å². The zero-order valence-corrected chi connectivity index (χ0v) is 16.2. The first-order valence-corrected chi connectivity index (χ1v) is 8.73. The van der Waals surface area contributed by atoms with Gasteiger partial charge in [-0.25, -0.2) is 0 Å². The fourth-order valence-corrected chi connectivity index (χ4v) is 3.49. The minimum absolute atomic E-state index is 0.299. The van der Waals surface area contributed by atoms with Crippen LogP contribution in [0.1, 0.15) is 18.9 Å². The van der Waals surface area contributed by atoms with Crippen molar-refractivity contribution in [1.82, 2.24) is 0 Å². The Bertz CT molecular complexity index is 694. The third-order valence-electron chi connectivity index (χ3n) is 2.86. The second-order valence-electron chi connectivity index (χ2n) is 4.73. The smallest absolute Gasteiger partial charge is 0.310 e. The summed E-state index contributed by atoms with van der Waals surface area (Å²) < 4.78 is 12.3. The largest absolute Gasteiger partial charge is 0.487 e. The molecule has 2 aromatic rings. The van der Waals surface area contributed by atoms with Gasteiger partial charge in [-0.1, -0.05) is 18.5 Å². The molecule has 4 nitrogen and oxygen atoms in total. The zero-order valence-electron chi connectivity index (χ0n) is 12.2. The Hall–Kier alpha value is -1.24. The molecule has 0 fully saturated rings. The molecule has 0 amide bonds. The quantitative estimate of drug-likeness (QED) is 0.369. The summed E-state index contributed by atoms with van der Waals surface area (Å²) >= 11 is 12.8. The second kappa shape index (κ2) is 8.04. The number of halogens is 3. The molecule has 0 atom stereocenters. The fourth-order valence-electron chi connectivity index (χ4n) is 1.85. The van der Waals surface area contributed by atoms with Crippen LogP contribution >= 0.6 is 43.5 Å². The number of hydrogen-bond acceptors (Lipinski definition) is 4. The molecule has 0 spiro atoms. The van der Waals surface area contributed by atoms with E-state index in [1.54, 1.807) is 37.3 Å². The molecular weight excluding hydrogens is 449 g/mol. The van der Waals surface area contributed by atoms with E-state index in [2.05, 4.69) is 31.9 Å². The summed E-state index contributed by atoms with van der Waals surface area (Å²) in [5, 5.41) is 0.559. The van der Waals surface area contributed by atoms with Crippen LogP contribution in [0.2, 0.25) is 5.02 Å². The monoisotopic (exact) mass is 461 g/mol. The van der Waals surface area contributed by atoms with Gasteiger partial charge in [-0.2, -0.15) is 0 Å². The summed E-state index contributed by atoms with van der Waals surface area (Å²) in [5.74, 6) is 0.738. The number of carbonyl (C=O) groups is 1. The van der Waals surface area contributed by atoms with Crippen LogP contribution in [-0.4, -0.2) is 5.97 Å². The summed E-state index contributed by atoms with van der Waals surface area (Å²) in [6.07, 6.45) is 0.309. The Morgan fingerprint density at radius 3 is 2.39 bits per heavy atom. The van der Waals surface area contributed by atoms with E-state index in [4.69, 9.17) is 26.8 Å². The average Bonchev–Trinajstić information content (AvgIpc) is 2.45. The Morgan fingerprint density at radius 1 is 1.17 bits per heavy atom. The lowest BCUT2D eigenvalue weighted by atomic mass is 10.2. The lowest BCUT2D eigenvalue weighted by Crippen LogP contribution is -2.06. The van der Waals surface area contributed by atoms with Crippen molar-refractivity contribution in [2.24, 2.45) is 0 Å². The van der Waals surface area contributed by atoms with Crippen LogP contribution in [0.4, 0.5) is 5.69 Å². The first-order valence-electron chi connectivity index (χ1n) is 6.76. The lowest BCUT2D eigenvalue weighted by Gasteiger charge is -2.13. The van der Waals surface area contributed by atoms with Crippen LogP contribution < -0.4 is 15.2 Å². The van der Waals surface area contributed by atoms with Crippen LogP contribution in [0.25, 0.3) is 0 Å². The van der Waals surface area contributed by atoms with E-state index >= 15 is 0 Å². The summed E-state index contributed by atoms with van der Waals surface area (Å²) in [5.41, 5.74) is 7.20. The molecule has 23 heavy (non-hydrogen) atoms. The fraction of sp³-hybridized carbons (Fsp3) is 0.188. The van der Waals surface area contributed by atoms with Gasteiger partial charge in [0.15, 0.2) is 0 Å². The molecule has 0 saturated carbocycles. The normalized spacial score (nSPS) is 10.4. The molecule has 0 bridgehead atoms. The van der Waals surface area contributed by atoms with Crippen molar-refractivity contribution in [1.29, 1.82) is 0 Å². The summed E-state index contributed by atoms with van der Waals surface area (Å²) in [6, 6.07) is 8.62. The Balaban J connectivity index is 2.15. The molecule has 0 aliphatic heterocycles. The number of ether oxygens (including phenoxy) is 2. The van der Waals surface area contributed by atoms with E-state index in [1.807, 2.05) is 0 Å². The van der Waals surface area contributed by atoms with Crippen molar-refractivity contribution in [3.8, 4) is 11.5 Å². The molecule has 2 N–H and O–H groups in total. The van der Waals surface area contributed by atoms with Crippen molar-refractivity contribution >= 4 is 55.1 Å². The van der Waals surface area contributed by atoms with Crippen LogP contribution in [0.5, 0.6) is 11.5 Å². The van der Waals surface area contributed by atoms with Crippen LogP contribution in [-0.2, 0) is 11.4 Å². The standard InChI is InChI=1S/C16H14Br2ClNO3/c1-2-15(21)23-12-6-13(17)16(14(18)7-12)22-8-9-3-10(19)5-11(20)4-9/h3-7H,2,8,20H2,1H3. The number of nitrogen functional groups attached to an aromatic ring is 1. The number of anilines is 1. The topological polar surface area (TPSA) is 61.5 Å². The van der Waals surface area contributed by atoms with E-state index in [1.165, 1.54) is 0 Å². The third-order valence-corrected chi connectivity index (χ3v) is 4.25. The minimum Gasteiger partial charge on any atom is -0.487 e. The van der Waals surface area contributed by atoms with E-state index in [0.29, 0.717) is 44.2 Å². The van der Waals surface area contributed by atoms with E-state index < -0.39 is 0 Å². The molecule has 0 saturated heterocycles. The van der Waals surface area contributed by atoms with Gasteiger partial charge in [0.1, 0.15) is 18.1 Å². The van der Waals surface area contributed by atoms with E-state index in [0.717, 1.165) is 5.56 Å². The molecule has 0 unspecified atom stereocenters. The van der Waals surface area contributed by atoms with Gasteiger partial charge in [-0.3, -0.25) is 4.79 Å². The number of carbonyl (C=O) groups excluding carboxylic acids is 1. The maximum absolute atomic E-state index is 11.4. The van der Waals surface area contributed by atoms with Crippen molar-refractivity contribution in [2.45, 2.75) is 20.0 Å². The third kappa shape index (κ3) is 5.12. The number of hydrogen-bond donors (Lipinski definition) is 1. The summed E-state index contributed by atoms with van der Waals surface area (Å²) in [7, 11) is 0. The van der Waals surface area contributed by atoms with Crippen LogP contribution in [0.3, 0.4) is 0 Å². The molecule has 122 valence electrons. The highest BCUT2D eigenvalue weighted by atomic mass is 79.9. The molecule has 7 heteroatoms. The molecule has 2 aromatic carbocycles.